The molecule has 0 aliphatic carbocycles. The van der Waals surface area contributed by atoms with Gasteiger partial charge in [0.15, 0.2) is 5.58 Å². The van der Waals surface area contributed by atoms with Crippen molar-refractivity contribution in [3.8, 4) is 0 Å². The minimum Gasteiger partial charge on any atom is -0.465 e. The van der Waals surface area contributed by atoms with Crippen molar-refractivity contribution in [2.75, 3.05) is 6.54 Å². The normalized spacial score (nSPS) is 21.9. The summed E-state index contributed by atoms with van der Waals surface area (Å²) in [7, 11) is 0. The Balaban J connectivity index is 2.15. The van der Waals surface area contributed by atoms with Gasteiger partial charge in [-0.1, -0.05) is 6.07 Å². The Hall–Kier alpha value is -2.57. The molecule has 7 heteroatoms. The first-order valence-corrected chi connectivity index (χ1v) is 6.64. The first-order valence-electron chi connectivity index (χ1n) is 6.64. The van der Waals surface area contributed by atoms with E-state index in [9.17, 15) is 14.7 Å². The number of benzene rings is 1. The van der Waals surface area contributed by atoms with Crippen LogP contribution in [0.3, 0.4) is 0 Å². The molecule has 1 atom stereocenters. The van der Waals surface area contributed by atoms with Crippen LogP contribution < -0.4 is 5.73 Å². The molecule has 0 saturated carbocycles. The van der Waals surface area contributed by atoms with Crippen molar-refractivity contribution < 1.29 is 19.1 Å². The van der Waals surface area contributed by atoms with Crippen LogP contribution in [0.1, 0.15) is 36.0 Å². The van der Waals surface area contributed by atoms with E-state index in [4.69, 9.17) is 10.2 Å². The van der Waals surface area contributed by atoms with Crippen LogP contribution in [0.4, 0.5) is 4.79 Å². The number of carbonyl (C=O) groups excluding carboxylic acids is 1. The molecule has 0 spiro atoms. The molecule has 7 nitrogen and oxygen atoms in total. The number of para-hydroxylation sites is 1. The third kappa shape index (κ3) is 1.93. The number of carbonyl (C=O) groups is 2. The number of aromatic nitrogens is 1. The van der Waals surface area contributed by atoms with Crippen LogP contribution in [-0.4, -0.2) is 33.5 Å². The van der Waals surface area contributed by atoms with Gasteiger partial charge < -0.3 is 15.3 Å². The third-order valence-corrected chi connectivity index (χ3v) is 4.02. The van der Waals surface area contributed by atoms with Crippen molar-refractivity contribution in [1.82, 2.24) is 9.88 Å². The van der Waals surface area contributed by atoms with E-state index < -0.39 is 17.5 Å². The molecule has 1 unspecified atom stereocenters. The highest BCUT2D eigenvalue weighted by atomic mass is 16.4. The van der Waals surface area contributed by atoms with Gasteiger partial charge in [-0.05, 0) is 31.9 Å². The first kappa shape index (κ1) is 13.4. The maximum absolute atomic E-state index is 11.4. The molecule has 0 radical (unpaired) electrons. The monoisotopic (exact) mass is 289 g/mol. The summed E-state index contributed by atoms with van der Waals surface area (Å²) in [5.74, 6) is -0.293. The first-order chi connectivity index (χ1) is 9.93. The molecule has 1 aliphatic rings. The zero-order chi connectivity index (χ0) is 15.2. The van der Waals surface area contributed by atoms with Crippen molar-refractivity contribution in [1.29, 1.82) is 0 Å². The summed E-state index contributed by atoms with van der Waals surface area (Å²) in [5, 5.41) is 9.31. The lowest BCUT2D eigenvalue weighted by atomic mass is 9.99. The maximum atomic E-state index is 11.4. The Morgan fingerprint density at radius 2 is 2.24 bits per heavy atom. The van der Waals surface area contributed by atoms with Crippen LogP contribution in [0.25, 0.3) is 11.1 Å². The zero-order valence-corrected chi connectivity index (χ0v) is 11.5. The van der Waals surface area contributed by atoms with E-state index >= 15 is 0 Å². The molecular weight excluding hydrogens is 274 g/mol. The van der Waals surface area contributed by atoms with Gasteiger partial charge in [-0.15, -0.1) is 0 Å². The molecule has 3 rings (SSSR count). The Kier molecular flexibility index (Phi) is 2.86. The van der Waals surface area contributed by atoms with Crippen LogP contribution in [0.2, 0.25) is 0 Å². The largest absolute Gasteiger partial charge is 0.465 e. The molecule has 21 heavy (non-hydrogen) atoms. The second-order valence-electron chi connectivity index (χ2n) is 5.35. The van der Waals surface area contributed by atoms with Crippen LogP contribution in [0, 0.1) is 0 Å². The summed E-state index contributed by atoms with van der Waals surface area (Å²) in [6.45, 7) is 2.22. The number of oxazole rings is 1. The quantitative estimate of drug-likeness (QED) is 0.877. The molecule has 1 fully saturated rings. The SMILES string of the molecule is CC1(c2nc3c(C(N)=O)cccc3o2)CCCN1C(=O)O. The highest BCUT2D eigenvalue weighted by Crippen LogP contribution is 2.39. The number of amides is 2. The minimum atomic E-state index is -1.01. The molecule has 1 aromatic carbocycles. The van der Waals surface area contributed by atoms with E-state index in [1.165, 1.54) is 4.90 Å². The molecule has 3 N–H and O–H groups in total. The molecule has 110 valence electrons. The number of rotatable bonds is 2. The topological polar surface area (TPSA) is 110 Å². The number of hydrogen-bond donors (Lipinski definition) is 2. The van der Waals surface area contributed by atoms with E-state index in [1.807, 2.05) is 0 Å². The number of fused-ring (bicyclic) bond motifs is 1. The number of nitrogens with zero attached hydrogens (tertiary/aromatic N) is 2. The zero-order valence-electron chi connectivity index (χ0n) is 11.5. The number of nitrogens with two attached hydrogens (primary N) is 1. The molecule has 2 heterocycles. The molecule has 0 bridgehead atoms. The van der Waals surface area contributed by atoms with Gasteiger partial charge in [0.1, 0.15) is 11.1 Å². The van der Waals surface area contributed by atoms with E-state index in [1.54, 1.807) is 25.1 Å². The standard InChI is InChI=1S/C14H15N3O4/c1-14(6-3-7-17(14)13(19)20)12-16-10-8(11(15)18)4-2-5-9(10)21-12/h2,4-5H,3,6-7H2,1H3,(H2,15,18)(H,19,20). The van der Waals surface area contributed by atoms with Crippen LogP contribution in [0.5, 0.6) is 0 Å². The third-order valence-electron chi connectivity index (χ3n) is 4.02. The van der Waals surface area contributed by atoms with Gasteiger partial charge in [-0.2, -0.15) is 0 Å². The predicted octanol–water partition coefficient (Wildman–Crippen LogP) is 1.92. The van der Waals surface area contributed by atoms with E-state index in [0.717, 1.165) is 6.42 Å². The molecular formula is C14H15N3O4. The van der Waals surface area contributed by atoms with Crippen LogP contribution in [-0.2, 0) is 5.54 Å². The highest BCUT2D eigenvalue weighted by molar-refractivity contribution is 6.03. The summed E-state index contributed by atoms with van der Waals surface area (Å²) in [4.78, 5) is 28.5. The summed E-state index contributed by atoms with van der Waals surface area (Å²) in [6.07, 6.45) is 0.356. The summed E-state index contributed by atoms with van der Waals surface area (Å²) >= 11 is 0. The highest BCUT2D eigenvalue weighted by Gasteiger charge is 2.45. The van der Waals surface area contributed by atoms with Crippen LogP contribution in [0.15, 0.2) is 22.6 Å². The fourth-order valence-electron chi connectivity index (χ4n) is 2.87. The molecule has 1 saturated heterocycles. The van der Waals surface area contributed by atoms with Crippen molar-refractivity contribution in [2.45, 2.75) is 25.3 Å². The second kappa shape index (κ2) is 4.47. The fourth-order valence-corrected chi connectivity index (χ4v) is 2.87. The van der Waals surface area contributed by atoms with Gasteiger partial charge in [0.2, 0.25) is 5.89 Å². The van der Waals surface area contributed by atoms with Gasteiger partial charge in [0.05, 0.1) is 5.56 Å². The van der Waals surface area contributed by atoms with Crippen molar-refractivity contribution >= 4 is 23.1 Å². The smallest absolute Gasteiger partial charge is 0.408 e. The fraction of sp³-hybridized carbons (Fsp3) is 0.357. The summed E-state index contributed by atoms with van der Waals surface area (Å²) < 4.78 is 5.70. The average Bonchev–Trinajstić information content (AvgIpc) is 3.01. The Bertz CT molecular complexity index is 739. The Morgan fingerprint density at radius 1 is 1.48 bits per heavy atom. The van der Waals surface area contributed by atoms with Gasteiger partial charge in [-0.25, -0.2) is 9.78 Å². The molecule has 2 aromatic rings. The number of hydrogen-bond acceptors (Lipinski definition) is 4. The lowest BCUT2D eigenvalue weighted by Crippen LogP contribution is -2.42. The van der Waals surface area contributed by atoms with E-state index in [2.05, 4.69) is 4.98 Å². The lowest BCUT2D eigenvalue weighted by molar-refractivity contribution is 0.0957. The number of carboxylic acid groups (broad SMARTS) is 1. The second-order valence-corrected chi connectivity index (χ2v) is 5.35. The van der Waals surface area contributed by atoms with Gasteiger partial charge >= 0.3 is 6.09 Å². The van der Waals surface area contributed by atoms with E-state index in [-0.39, 0.29) is 5.56 Å². The average molecular weight is 289 g/mol. The molecule has 2 amide bonds. The lowest BCUT2D eigenvalue weighted by Gasteiger charge is -2.29. The van der Waals surface area contributed by atoms with Gasteiger partial charge in [0, 0.05) is 6.54 Å². The van der Waals surface area contributed by atoms with Crippen LogP contribution >= 0.6 is 0 Å². The Labute approximate surface area is 120 Å². The maximum Gasteiger partial charge on any atom is 0.408 e. The Morgan fingerprint density at radius 3 is 2.90 bits per heavy atom. The number of primary amides is 1. The van der Waals surface area contributed by atoms with Crippen molar-refractivity contribution in [3.05, 3.63) is 29.7 Å². The summed E-state index contributed by atoms with van der Waals surface area (Å²) in [6, 6.07) is 4.91. The van der Waals surface area contributed by atoms with Gasteiger partial charge in [-0.3, -0.25) is 9.69 Å². The predicted molar refractivity (Wildman–Crippen MR) is 73.8 cm³/mol. The minimum absolute atomic E-state index is 0.269. The van der Waals surface area contributed by atoms with Crippen molar-refractivity contribution in [3.63, 3.8) is 0 Å². The summed E-state index contributed by atoms with van der Waals surface area (Å²) in [5.41, 5.74) is 5.58. The molecule has 1 aliphatic heterocycles. The van der Waals surface area contributed by atoms with Crippen molar-refractivity contribution in [2.24, 2.45) is 5.73 Å². The van der Waals surface area contributed by atoms with Gasteiger partial charge in [0.25, 0.3) is 5.91 Å². The molecule has 1 aromatic heterocycles. The number of likely N-dealkylation sites (tertiary alicyclic amines) is 1. The van der Waals surface area contributed by atoms with E-state index in [0.29, 0.717) is 30.0 Å².